The molecule has 4 nitrogen and oxygen atoms in total. The Morgan fingerprint density at radius 3 is 2.56 bits per heavy atom. The van der Waals surface area contributed by atoms with E-state index in [2.05, 4.69) is 20.9 Å². The van der Waals surface area contributed by atoms with Gasteiger partial charge in [-0.1, -0.05) is 13.8 Å². The quantitative estimate of drug-likeness (QED) is 0.675. The molecular formula is C13H12BrNO3. The van der Waals surface area contributed by atoms with Gasteiger partial charge in [-0.2, -0.15) is 0 Å². The van der Waals surface area contributed by atoms with Gasteiger partial charge in [0.2, 0.25) is 0 Å². The summed E-state index contributed by atoms with van der Waals surface area (Å²) in [5, 5.41) is 9.43. The number of carboxylic acid groups (broad SMARTS) is 1. The predicted molar refractivity (Wildman–Crippen MR) is 72.1 cm³/mol. The van der Waals surface area contributed by atoms with Gasteiger partial charge in [-0.15, -0.1) is 0 Å². The molecule has 2 rings (SSSR count). The lowest BCUT2D eigenvalue weighted by molar-refractivity contribution is -0.131. The third kappa shape index (κ3) is 2.06. The van der Waals surface area contributed by atoms with E-state index in [1.807, 2.05) is 26.0 Å². The summed E-state index contributed by atoms with van der Waals surface area (Å²) in [7, 11) is 0. The van der Waals surface area contributed by atoms with E-state index in [9.17, 15) is 9.59 Å². The van der Waals surface area contributed by atoms with Crippen molar-refractivity contribution in [3.8, 4) is 0 Å². The summed E-state index contributed by atoms with van der Waals surface area (Å²) in [4.78, 5) is 25.3. The van der Waals surface area contributed by atoms with Gasteiger partial charge in [-0.3, -0.25) is 4.79 Å². The standard InChI is InChI=1S/C13H12BrNO3/c1-6(2)7-3-8-9(12(16)13(17)18)5-15-11(8)10(14)4-7/h3-6,15H,1-2H3,(H,17,18). The van der Waals surface area contributed by atoms with E-state index >= 15 is 0 Å². The fourth-order valence-corrected chi connectivity index (χ4v) is 2.44. The Labute approximate surface area is 112 Å². The summed E-state index contributed by atoms with van der Waals surface area (Å²) < 4.78 is 0.827. The van der Waals surface area contributed by atoms with Crippen LogP contribution >= 0.6 is 15.9 Å². The minimum atomic E-state index is -1.44. The maximum atomic E-state index is 11.6. The van der Waals surface area contributed by atoms with E-state index in [4.69, 9.17) is 5.11 Å². The van der Waals surface area contributed by atoms with Gasteiger partial charge in [0.25, 0.3) is 5.78 Å². The lowest BCUT2D eigenvalue weighted by atomic mass is 9.99. The van der Waals surface area contributed by atoms with Gasteiger partial charge in [0, 0.05) is 16.1 Å². The number of benzene rings is 1. The second kappa shape index (κ2) is 4.57. The Balaban J connectivity index is 2.71. The molecule has 5 heteroatoms. The second-order valence-corrected chi connectivity index (χ2v) is 5.27. The minimum Gasteiger partial charge on any atom is -0.475 e. The number of rotatable bonds is 3. The highest BCUT2D eigenvalue weighted by molar-refractivity contribution is 9.10. The van der Waals surface area contributed by atoms with Gasteiger partial charge >= 0.3 is 5.97 Å². The second-order valence-electron chi connectivity index (χ2n) is 4.42. The number of aromatic nitrogens is 1. The molecule has 0 aliphatic rings. The fraction of sp³-hybridized carbons (Fsp3) is 0.231. The van der Waals surface area contributed by atoms with Crippen molar-refractivity contribution in [2.45, 2.75) is 19.8 Å². The number of Topliss-reactive ketones (excluding diaryl/α,β-unsaturated/α-hetero) is 1. The van der Waals surface area contributed by atoms with Gasteiger partial charge < -0.3 is 10.1 Å². The predicted octanol–water partition coefficient (Wildman–Crippen LogP) is 3.32. The Morgan fingerprint density at radius 2 is 2.00 bits per heavy atom. The molecule has 2 N–H and O–H groups in total. The molecule has 0 aliphatic heterocycles. The van der Waals surface area contributed by atoms with E-state index in [-0.39, 0.29) is 5.56 Å². The zero-order valence-corrected chi connectivity index (χ0v) is 11.5. The number of nitrogens with one attached hydrogen (secondary N) is 1. The third-order valence-corrected chi connectivity index (χ3v) is 3.49. The first-order chi connectivity index (χ1) is 8.41. The van der Waals surface area contributed by atoms with Gasteiger partial charge in [-0.05, 0) is 39.5 Å². The highest BCUT2D eigenvalue weighted by Gasteiger charge is 2.20. The molecule has 1 aromatic heterocycles. The molecule has 0 radical (unpaired) electrons. The summed E-state index contributed by atoms with van der Waals surface area (Å²) in [6.45, 7) is 4.08. The van der Waals surface area contributed by atoms with Crippen LogP contribution in [0.4, 0.5) is 0 Å². The fourth-order valence-electron chi connectivity index (χ4n) is 1.85. The molecule has 18 heavy (non-hydrogen) atoms. The van der Waals surface area contributed by atoms with Gasteiger partial charge in [0.1, 0.15) is 0 Å². The largest absolute Gasteiger partial charge is 0.475 e. The van der Waals surface area contributed by atoms with Gasteiger partial charge in [0.15, 0.2) is 0 Å². The van der Waals surface area contributed by atoms with Crippen LogP contribution < -0.4 is 0 Å². The Morgan fingerprint density at radius 1 is 1.33 bits per heavy atom. The number of aliphatic carboxylic acids is 1. The molecular weight excluding hydrogens is 298 g/mol. The van der Waals surface area contributed by atoms with E-state index in [0.717, 1.165) is 15.6 Å². The van der Waals surface area contributed by atoms with E-state index in [1.165, 1.54) is 6.20 Å². The van der Waals surface area contributed by atoms with Crippen molar-refractivity contribution in [1.29, 1.82) is 0 Å². The van der Waals surface area contributed by atoms with Crippen molar-refractivity contribution < 1.29 is 14.7 Å². The van der Waals surface area contributed by atoms with Crippen LogP contribution in [0.25, 0.3) is 10.9 Å². The topological polar surface area (TPSA) is 70.2 Å². The summed E-state index contributed by atoms with van der Waals surface area (Å²) in [5.74, 6) is -2.04. The molecule has 0 unspecified atom stereocenters. The first kappa shape index (κ1) is 12.8. The molecule has 1 aromatic carbocycles. The Kier molecular flexibility index (Phi) is 3.26. The molecule has 0 fully saturated rings. The number of aromatic amines is 1. The number of ketones is 1. The normalized spacial score (nSPS) is 11.1. The van der Waals surface area contributed by atoms with Crippen molar-refractivity contribution in [2.24, 2.45) is 0 Å². The van der Waals surface area contributed by atoms with E-state index < -0.39 is 11.8 Å². The number of halogens is 1. The number of carbonyl (C=O) groups excluding carboxylic acids is 1. The molecule has 0 spiro atoms. The first-order valence-electron chi connectivity index (χ1n) is 5.50. The molecule has 0 bridgehead atoms. The highest BCUT2D eigenvalue weighted by Crippen LogP contribution is 2.30. The van der Waals surface area contributed by atoms with Crippen LogP contribution in [0.5, 0.6) is 0 Å². The van der Waals surface area contributed by atoms with Crippen molar-refractivity contribution >= 4 is 38.6 Å². The average molecular weight is 310 g/mol. The van der Waals surface area contributed by atoms with Crippen molar-refractivity contribution in [2.75, 3.05) is 0 Å². The molecule has 94 valence electrons. The van der Waals surface area contributed by atoms with Crippen LogP contribution in [0.3, 0.4) is 0 Å². The number of carbonyl (C=O) groups is 2. The summed E-state index contributed by atoms with van der Waals surface area (Å²) in [5.41, 5.74) is 1.98. The summed E-state index contributed by atoms with van der Waals surface area (Å²) >= 11 is 3.43. The molecule has 0 amide bonds. The molecule has 1 heterocycles. The smallest absolute Gasteiger partial charge is 0.377 e. The van der Waals surface area contributed by atoms with Crippen LogP contribution in [-0.4, -0.2) is 21.8 Å². The summed E-state index contributed by atoms with van der Waals surface area (Å²) in [6, 6.07) is 3.83. The van der Waals surface area contributed by atoms with Gasteiger partial charge in [-0.25, -0.2) is 4.79 Å². The van der Waals surface area contributed by atoms with Crippen molar-refractivity contribution in [3.63, 3.8) is 0 Å². The monoisotopic (exact) mass is 309 g/mol. The van der Waals surface area contributed by atoms with Crippen LogP contribution in [0, 0.1) is 0 Å². The molecule has 2 aromatic rings. The zero-order valence-electron chi connectivity index (χ0n) is 9.95. The van der Waals surface area contributed by atoms with Crippen LogP contribution in [0.1, 0.15) is 35.7 Å². The Bertz CT molecular complexity index is 643. The molecule has 0 saturated carbocycles. The number of hydrogen-bond acceptors (Lipinski definition) is 2. The number of hydrogen-bond donors (Lipinski definition) is 2. The van der Waals surface area contributed by atoms with Crippen molar-refractivity contribution in [3.05, 3.63) is 33.9 Å². The van der Waals surface area contributed by atoms with Crippen molar-refractivity contribution in [1.82, 2.24) is 4.98 Å². The van der Waals surface area contributed by atoms with Gasteiger partial charge in [0.05, 0.1) is 11.1 Å². The van der Waals surface area contributed by atoms with Crippen LogP contribution in [0.2, 0.25) is 0 Å². The van der Waals surface area contributed by atoms with Crippen LogP contribution in [-0.2, 0) is 4.79 Å². The third-order valence-electron chi connectivity index (χ3n) is 2.87. The summed E-state index contributed by atoms with van der Waals surface area (Å²) in [6.07, 6.45) is 1.44. The zero-order chi connectivity index (χ0) is 13.4. The molecule has 0 atom stereocenters. The maximum absolute atomic E-state index is 11.6. The SMILES string of the molecule is CC(C)c1cc(Br)c2[nH]cc(C(=O)C(=O)O)c2c1. The lowest BCUT2D eigenvalue weighted by Crippen LogP contribution is -2.12. The van der Waals surface area contributed by atoms with E-state index in [0.29, 0.717) is 11.3 Å². The highest BCUT2D eigenvalue weighted by atomic mass is 79.9. The number of H-pyrrole nitrogens is 1. The molecule has 0 saturated heterocycles. The number of carboxylic acids is 1. The van der Waals surface area contributed by atoms with Crippen LogP contribution in [0.15, 0.2) is 22.8 Å². The van der Waals surface area contributed by atoms with E-state index in [1.54, 1.807) is 0 Å². The average Bonchev–Trinajstić information content (AvgIpc) is 2.71. The molecule has 0 aliphatic carbocycles. The Hall–Kier alpha value is -1.62. The first-order valence-corrected chi connectivity index (χ1v) is 6.29. The lowest BCUT2D eigenvalue weighted by Gasteiger charge is -2.07. The maximum Gasteiger partial charge on any atom is 0.377 e. The minimum absolute atomic E-state index is 0.195. The number of fused-ring (bicyclic) bond motifs is 1.